The lowest BCUT2D eigenvalue weighted by Crippen LogP contribution is -2.50. The molecule has 31 heavy (non-hydrogen) atoms. The molecule has 2 aromatic rings. The predicted molar refractivity (Wildman–Crippen MR) is 125 cm³/mol. The van der Waals surface area contributed by atoms with Crippen LogP contribution in [0, 0.1) is 0 Å². The lowest BCUT2D eigenvalue weighted by molar-refractivity contribution is -0.133. The van der Waals surface area contributed by atoms with Gasteiger partial charge in [0.05, 0.1) is 18.5 Å². The number of nitrogen functional groups attached to an aromatic ring is 1. The first-order valence-electron chi connectivity index (χ1n) is 12.0. The van der Waals surface area contributed by atoms with Gasteiger partial charge in [0.2, 0.25) is 5.91 Å². The molecule has 0 aromatic carbocycles. The van der Waals surface area contributed by atoms with Crippen LogP contribution in [0.3, 0.4) is 0 Å². The number of hydrogen-bond donors (Lipinski definition) is 1. The number of rotatable bonds is 4. The Hall–Kier alpha value is -1.77. The van der Waals surface area contributed by atoms with Crippen LogP contribution in [0.2, 0.25) is 0 Å². The number of amides is 1. The van der Waals surface area contributed by atoms with Crippen molar-refractivity contribution in [3.05, 3.63) is 16.3 Å². The fourth-order valence-corrected chi connectivity index (χ4v) is 6.51. The third kappa shape index (κ3) is 4.71. The van der Waals surface area contributed by atoms with Crippen molar-refractivity contribution < 1.29 is 4.79 Å². The van der Waals surface area contributed by atoms with Crippen molar-refractivity contribution in [2.45, 2.75) is 57.9 Å². The number of fused-ring (bicyclic) bond motifs is 3. The molecule has 2 aliphatic heterocycles. The van der Waals surface area contributed by atoms with Gasteiger partial charge in [-0.25, -0.2) is 9.97 Å². The summed E-state index contributed by atoms with van der Waals surface area (Å²) < 4.78 is 0. The van der Waals surface area contributed by atoms with E-state index in [9.17, 15) is 4.79 Å². The van der Waals surface area contributed by atoms with E-state index in [1.807, 2.05) is 16.2 Å². The average Bonchev–Trinajstić information content (AvgIpc) is 2.97. The summed E-state index contributed by atoms with van der Waals surface area (Å²) in [5, 5.41) is 1.12. The van der Waals surface area contributed by atoms with Gasteiger partial charge >= 0.3 is 0 Å². The maximum absolute atomic E-state index is 12.5. The van der Waals surface area contributed by atoms with Crippen LogP contribution in [0.1, 0.15) is 54.8 Å². The number of hydrogen-bond acceptors (Lipinski definition) is 7. The molecule has 0 saturated carbocycles. The molecule has 2 aromatic heterocycles. The van der Waals surface area contributed by atoms with Crippen molar-refractivity contribution in [2.24, 2.45) is 0 Å². The summed E-state index contributed by atoms with van der Waals surface area (Å²) in [6.45, 7) is 6.89. The van der Waals surface area contributed by atoms with Crippen molar-refractivity contribution in [1.82, 2.24) is 24.7 Å². The third-order valence-corrected chi connectivity index (χ3v) is 8.22. The minimum absolute atomic E-state index is 0.298. The molecule has 3 aliphatic rings. The highest BCUT2D eigenvalue weighted by Crippen LogP contribution is 2.37. The second-order valence-electron chi connectivity index (χ2n) is 9.26. The number of carbonyl (C=O) groups excluding carboxylic acids is 1. The molecular formula is C23H34N6OS. The average molecular weight is 443 g/mol. The molecule has 2 fully saturated rings. The number of thiophene rings is 1. The molecule has 1 amide bonds. The number of nitrogens with zero attached hydrogens (tertiary/aromatic N) is 5. The zero-order chi connectivity index (χ0) is 21.2. The molecule has 4 heterocycles. The normalized spacial score (nSPS) is 21.2. The zero-order valence-electron chi connectivity index (χ0n) is 18.4. The smallest absolute Gasteiger partial charge is 0.236 e. The molecule has 1 aliphatic carbocycles. The Bertz CT molecular complexity index is 930. The topological polar surface area (TPSA) is 78.6 Å². The summed E-state index contributed by atoms with van der Waals surface area (Å²) in [4.78, 5) is 31.4. The monoisotopic (exact) mass is 442 g/mol. The summed E-state index contributed by atoms with van der Waals surface area (Å²) >= 11 is 1.82. The van der Waals surface area contributed by atoms with Gasteiger partial charge in [-0.1, -0.05) is 6.42 Å². The molecular weight excluding hydrogens is 408 g/mol. The molecule has 0 radical (unpaired) electrons. The van der Waals surface area contributed by atoms with Crippen molar-refractivity contribution >= 4 is 33.3 Å². The summed E-state index contributed by atoms with van der Waals surface area (Å²) in [6.07, 6.45) is 9.64. The van der Waals surface area contributed by atoms with E-state index in [1.54, 1.807) is 0 Å². The molecule has 7 nitrogen and oxygen atoms in total. The van der Waals surface area contributed by atoms with Crippen molar-refractivity contribution in [3.63, 3.8) is 0 Å². The largest absolute Gasteiger partial charge is 0.383 e. The number of piperazine rings is 1. The van der Waals surface area contributed by atoms with Gasteiger partial charge in [0.15, 0.2) is 0 Å². The Labute approximate surface area is 188 Å². The van der Waals surface area contributed by atoms with Crippen LogP contribution in [0.25, 0.3) is 10.2 Å². The second kappa shape index (κ2) is 9.38. The minimum atomic E-state index is 0.298. The number of piperidine rings is 1. The Morgan fingerprint density at radius 3 is 2.39 bits per heavy atom. The number of likely N-dealkylation sites (tertiary alicyclic amines) is 1. The molecule has 0 bridgehead atoms. The number of aryl methyl sites for hydroxylation is 2. The van der Waals surface area contributed by atoms with Crippen LogP contribution in [-0.2, 0) is 24.2 Å². The molecule has 0 unspecified atom stereocenters. The summed E-state index contributed by atoms with van der Waals surface area (Å²) in [6, 6.07) is 0. The van der Waals surface area contributed by atoms with Crippen LogP contribution in [0.4, 0.5) is 5.82 Å². The van der Waals surface area contributed by atoms with Gasteiger partial charge in [-0.15, -0.1) is 11.3 Å². The van der Waals surface area contributed by atoms with Gasteiger partial charge in [0.1, 0.15) is 16.5 Å². The number of anilines is 1. The highest BCUT2D eigenvalue weighted by Gasteiger charge is 2.24. The Morgan fingerprint density at radius 1 is 0.871 bits per heavy atom. The Kier molecular flexibility index (Phi) is 6.39. The van der Waals surface area contributed by atoms with Crippen LogP contribution >= 0.6 is 11.3 Å². The molecule has 168 valence electrons. The highest BCUT2D eigenvalue weighted by molar-refractivity contribution is 7.19. The van der Waals surface area contributed by atoms with E-state index in [-0.39, 0.29) is 0 Å². The van der Waals surface area contributed by atoms with Crippen molar-refractivity contribution in [3.8, 4) is 0 Å². The predicted octanol–water partition coefficient (Wildman–Crippen LogP) is 2.67. The van der Waals surface area contributed by atoms with E-state index in [0.29, 0.717) is 18.3 Å². The van der Waals surface area contributed by atoms with E-state index in [0.717, 1.165) is 87.5 Å². The van der Waals surface area contributed by atoms with Crippen molar-refractivity contribution in [2.75, 3.05) is 51.5 Å². The Balaban J connectivity index is 1.19. The van der Waals surface area contributed by atoms with E-state index in [1.165, 1.54) is 36.1 Å². The zero-order valence-corrected chi connectivity index (χ0v) is 19.3. The van der Waals surface area contributed by atoms with Gasteiger partial charge in [0.25, 0.3) is 0 Å². The molecule has 0 spiro atoms. The number of nitrogens with two attached hydrogens (primary N) is 1. The van der Waals surface area contributed by atoms with Crippen molar-refractivity contribution in [1.29, 1.82) is 0 Å². The van der Waals surface area contributed by atoms with E-state index in [4.69, 9.17) is 15.7 Å². The number of carbonyl (C=O) groups is 1. The molecule has 8 heteroatoms. The quantitative estimate of drug-likeness (QED) is 0.734. The van der Waals surface area contributed by atoms with Gasteiger partial charge in [-0.2, -0.15) is 0 Å². The van der Waals surface area contributed by atoms with Gasteiger partial charge < -0.3 is 10.6 Å². The maximum Gasteiger partial charge on any atom is 0.236 e. The van der Waals surface area contributed by atoms with Gasteiger partial charge in [0, 0.05) is 44.1 Å². The summed E-state index contributed by atoms with van der Waals surface area (Å²) in [7, 11) is 0. The molecule has 2 saturated heterocycles. The third-order valence-electron chi connectivity index (χ3n) is 7.04. The standard InChI is InChI=1S/C23H34N6OS/c24-22-21-17-7-3-1-4-8-18(17)31-23(21)26-19(25-22)15-27-11-13-28(14-12-27)16-20(30)29-9-5-2-6-10-29/h1-16H2,(H2,24,25,26). The lowest BCUT2D eigenvalue weighted by atomic mass is 10.1. The lowest BCUT2D eigenvalue weighted by Gasteiger charge is -2.35. The highest BCUT2D eigenvalue weighted by atomic mass is 32.1. The molecule has 2 N–H and O–H groups in total. The molecule has 5 rings (SSSR count). The molecule has 0 atom stereocenters. The fourth-order valence-electron chi connectivity index (χ4n) is 5.22. The fraction of sp³-hybridized carbons (Fsp3) is 0.696. The van der Waals surface area contributed by atoms with Gasteiger partial charge in [-0.05, 0) is 50.5 Å². The van der Waals surface area contributed by atoms with Crippen LogP contribution in [-0.4, -0.2) is 76.4 Å². The van der Waals surface area contributed by atoms with E-state index < -0.39 is 0 Å². The Morgan fingerprint density at radius 2 is 1.58 bits per heavy atom. The SMILES string of the molecule is Nc1nc(CN2CCN(CC(=O)N3CCCCC3)CC2)nc2sc3c(c12)CCCCC3. The van der Waals surface area contributed by atoms with E-state index >= 15 is 0 Å². The van der Waals surface area contributed by atoms with Crippen LogP contribution in [0.5, 0.6) is 0 Å². The summed E-state index contributed by atoms with van der Waals surface area (Å²) in [5.74, 6) is 1.79. The first-order chi connectivity index (χ1) is 15.2. The second-order valence-corrected chi connectivity index (χ2v) is 10.3. The van der Waals surface area contributed by atoms with Gasteiger partial charge in [-0.3, -0.25) is 14.6 Å². The summed E-state index contributed by atoms with van der Waals surface area (Å²) in [5.41, 5.74) is 7.83. The first kappa shape index (κ1) is 21.1. The van der Waals surface area contributed by atoms with E-state index in [2.05, 4.69) is 9.80 Å². The minimum Gasteiger partial charge on any atom is -0.383 e. The number of aromatic nitrogens is 2. The maximum atomic E-state index is 12.5. The van der Waals surface area contributed by atoms with Crippen LogP contribution in [0.15, 0.2) is 0 Å². The first-order valence-corrected chi connectivity index (χ1v) is 12.8. The van der Waals surface area contributed by atoms with Crippen LogP contribution < -0.4 is 5.73 Å².